The molecule has 0 aliphatic carbocycles. The summed E-state index contributed by atoms with van der Waals surface area (Å²) in [4.78, 5) is 11.6. The van der Waals surface area contributed by atoms with E-state index in [0.29, 0.717) is 17.9 Å². The molecule has 0 aliphatic rings. The highest BCUT2D eigenvalue weighted by Gasteiger charge is 2.09. The molecule has 1 N–H and O–H groups in total. The van der Waals surface area contributed by atoms with E-state index in [1.54, 1.807) is 19.2 Å². The van der Waals surface area contributed by atoms with Crippen LogP contribution < -0.4 is 10.1 Å². The molecule has 1 rings (SSSR count). The van der Waals surface area contributed by atoms with Crippen molar-refractivity contribution >= 4 is 5.91 Å². The van der Waals surface area contributed by atoms with E-state index in [0.717, 1.165) is 6.42 Å². The Morgan fingerprint density at radius 1 is 1.43 bits per heavy atom. The predicted octanol–water partition coefficient (Wildman–Crippen LogP) is 1.83. The molecule has 3 heteroatoms. The van der Waals surface area contributed by atoms with Crippen LogP contribution in [0.3, 0.4) is 0 Å². The Morgan fingerprint density at radius 3 is 2.79 bits per heavy atom. The first-order valence-corrected chi connectivity index (χ1v) is 4.70. The Hall–Kier alpha value is -1.51. The summed E-state index contributed by atoms with van der Waals surface area (Å²) < 4.78 is 5.09. The highest BCUT2D eigenvalue weighted by atomic mass is 16.5. The molecule has 0 heterocycles. The molecular formula is C11H15NO2. The van der Waals surface area contributed by atoms with Crippen LogP contribution in [0.5, 0.6) is 5.75 Å². The van der Waals surface area contributed by atoms with Crippen molar-refractivity contribution < 1.29 is 9.53 Å². The van der Waals surface area contributed by atoms with E-state index in [4.69, 9.17) is 4.74 Å². The second kappa shape index (κ2) is 5.27. The van der Waals surface area contributed by atoms with Gasteiger partial charge in [0.1, 0.15) is 5.75 Å². The number of rotatable bonds is 4. The summed E-state index contributed by atoms with van der Waals surface area (Å²) >= 11 is 0. The van der Waals surface area contributed by atoms with Crippen molar-refractivity contribution in [3.63, 3.8) is 0 Å². The lowest BCUT2D eigenvalue weighted by molar-refractivity contribution is 0.0950. The minimum atomic E-state index is -0.0794. The molecule has 0 aliphatic heterocycles. The molecule has 0 aromatic heterocycles. The number of ether oxygens (including phenoxy) is 1. The van der Waals surface area contributed by atoms with Gasteiger partial charge in [-0.3, -0.25) is 4.79 Å². The van der Waals surface area contributed by atoms with Crippen LogP contribution in [0.25, 0.3) is 0 Å². The third-order valence-corrected chi connectivity index (χ3v) is 1.89. The third-order valence-electron chi connectivity index (χ3n) is 1.89. The highest BCUT2D eigenvalue weighted by Crippen LogP contribution is 2.16. The summed E-state index contributed by atoms with van der Waals surface area (Å²) in [5, 5.41) is 2.80. The molecule has 0 saturated heterocycles. The zero-order valence-corrected chi connectivity index (χ0v) is 8.54. The first-order chi connectivity index (χ1) is 6.79. The van der Waals surface area contributed by atoms with Crippen LogP contribution in [0.1, 0.15) is 23.7 Å². The second-order valence-corrected chi connectivity index (χ2v) is 2.96. The molecule has 0 atom stereocenters. The van der Waals surface area contributed by atoms with Crippen LogP contribution in [-0.4, -0.2) is 19.6 Å². The molecule has 3 nitrogen and oxygen atoms in total. The Morgan fingerprint density at radius 2 is 2.14 bits per heavy atom. The lowest BCUT2D eigenvalue weighted by Crippen LogP contribution is -2.24. The molecule has 1 aromatic carbocycles. The Kier molecular flexibility index (Phi) is 3.98. The molecular weight excluding hydrogens is 178 g/mol. The number of nitrogens with one attached hydrogen (secondary N) is 1. The van der Waals surface area contributed by atoms with Crippen LogP contribution >= 0.6 is 0 Å². The Labute approximate surface area is 84.1 Å². The first kappa shape index (κ1) is 10.6. The third kappa shape index (κ3) is 2.49. The number of methoxy groups -OCH3 is 1. The Balaban J connectivity index is 2.78. The molecule has 76 valence electrons. The van der Waals surface area contributed by atoms with Gasteiger partial charge in [-0.25, -0.2) is 0 Å². The van der Waals surface area contributed by atoms with Crippen molar-refractivity contribution in [1.82, 2.24) is 5.32 Å². The van der Waals surface area contributed by atoms with E-state index in [1.807, 2.05) is 19.1 Å². The molecule has 1 amide bonds. The van der Waals surface area contributed by atoms with Gasteiger partial charge in [-0.15, -0.1) is 0 Å². The minimum Gasteiger partial charge on any atom is -0.496 e. The highest BCUT2D eigenvalue weighted by molar-refractivity contribution is 5.96. The lowest BCUT2D eigenvalue weighted by atomic mass is 10.2. The van der Waals surface area contributed by atoms with Crippen molar-refractivity contribution in [2.45, 2.75) is 13.3 Å². The van der Waals surface area contributed by atoms with E-state index in [2.05, 4.69) is 5.32 Å². The van der Waals surface area contributed by atoms with Crippen molar-refractivity contribution in [1.29, 1.82) is 0 Å². The maximum Gasteiger partial charge on any atom is 0.255 e. The van der Waals surface area contributed by atoms with Gasteiger partial charge in [0.05, 0.1) is 12.7 Å². The SMILES string of the molecule is CCCNC(=O)c1ccccc1OC. The van der Waals surface area contributed by atoms with Gasteiger partial charge in [-0.05, 0) is 18.6 Å². The van der Waals surface area contributed by atoms with Gasteiger partial charge in [0.25, 0.3) is 5.91 Å². The normalized spacial score (nSPS) is 9.57. The predicted molar refractivity (Wildman–Crippen MR) is 55.6 cm³/mol. The number of para-hydroxylation sites is 1. The molecule has 0 spiro atoms. The number of benzene rings is 1. The van der Waals surface area contributed by atoms with Crippen LogP contribution in [0.2, 0.25) is 0 Å². The topological polar surface area (TPSA) is 38.3 Å². The molecule has 14 heavy (non-hydrogen) atoms. The molecule has 0 fully saturated rings. The fraction of sp³-hybridized carbons (Fsp3) is 0.364. The number of hydrogen-bond acceptors (Lipinski definition) is 2. The van der Waals surface area contributed by atoms with Crippen LogP contribution in [0.15, 0.2) is 24.3 Å². The van der Waals surface area contributed by atoms with Crippen molar-refractivity contribution in [2.24, 2.45) is 0 Å². The lowest BCUT2D eigenvalue weighted by Gasteiger charge is -2.07. The average Bonchev–Trinajstić information content (AvgIpc) is 2.25. The van der Waals surface area contributed by atoms with Gasteiger partial charge < -0.3 is 10.1 Å². The monoisotopic (exact) mass is 193 g/mol. The summed E-state index contributed by atoms with van der Waals surface area (Å²) in [5.74, 6) is 0.533. The van der Waals surface area contributed by atoms with E-state index < -0.39 is 0 Å². The van der Waals surface area contributed by atoms with E-state index in [9.17, 15) is 4.79 Å². The van der Waals surface area contributed by atoms with Gasteiger partial charge >= 0.3 is 0 Å². The smallest absolute Gasteiger partial charge is 0.255 e. The van der Waals surface area contributed by atoms with Crippen molar-refractivity contribution in [2.75, 3.05) is 13.7 Å². The second-order valence-electron chi connectivity index (χ2n) is 2.96. The minimum absolute atomic E-state index is 0.0794. The fourth-order valence-corrected chi connectivity index (χ4v) is 1.17. The number of carbonyl (C=O) groups is 1. The van der Waals surface area contributed by atoms with Gasteiger partial charge in [-0.2, -0.15) is 0 Å². The van der Waals surface area contributed by atoms with Gasteiger partial charge in [0, 0.05) is 6.54 Å². The average molecular weight is 193 g/mol. The van der Waals surface area contributed by atoms with E-state index in [-0.39, 0.29) is 5.91 Å². The molecule has 1 aromatic rings. The van der Waals surface area contributed by atoms with Crippen molar-refractivity contribution in [3.8, 4) is 5.75 Å². The van der Waals surface area contributed by atoms with Gasteiger partial charge in [0.2, 0.25) is 0 Å². The summed E-state index contributed by atoms with van der Waals surface area (Å²) in [7, 11) is 1.56. The summed E-state index contributed by atoms with van der Waals surface area (Å²) in [5.41, 5.74) is 0.587. The maximum atomic E-state index is 11.6. The number of hydrogen-bond donors (Lipinski definition) is 1. The van der Waals surface area contributed by atoms with E-state index in [1.165, 1.54) is 0 Å². The summed E-state index contributed by atoms with van der Waals surface area (Å²) in [6, 6.07) is 7.20. The van der Waals surface area contributed by atoms with Gasteiger partial charge in [0.15, 0.2) is 0 Å². The standard InChI is InChI=1S/C11H15NO2/c1-3-8-12-11(13)9-6-4-5-7-10(9)14-2/h4-7H,3,8H2,1-2H3,(H,12,13). The number of amides is 1. The Bertz CT molecular complexity index is 310. The molecule has 0 bridgehead atoms. The zero-order valence-electron chi connectivity index (χ0n) is 8.54. The number of carbonyl (C=O) groups excluding carboxylic acids is 1. The zero-order chi connectivity index (χ0) is 10.4. The molecule has 0 radical (unpaired) electrons. The summed E-state index contributed by atoms with van der Waals surface area (Å²) in [6.45, 7) is 2.71. The van der Waals surface area contributed by atoms with Crippen LogP contribution in [0, 0.1) is 0 Å². The van der Waals surface area contributed by atoms with Crippen LogP contribution in [-0.2, 0) is 0 Å². The first-order valence-electron chi connectivity index (χ1n) is 4.70. The van der Waals surface area contributed by atoms with E-state index >= 15 is 0 Å². The maximum absolute atomic E-state index is 11.6. The largest absolute Gasteiger partial charge is 0.496 e. The fourth-order valence-electron chi connectivity index (χ4n) is 1.17. The molecule has 0 unspecified atom stereocenters. The van der Waals surface area contributed by atoms with Crippen LogP contribution in [0.4, 0.5) is 0 Å². The molecule has 0 saturated carbocycles. The van der Waals surface area contributed by atoms with Crippen molar-refractivity contribution in [3.05, 3.63) is 29.8 Å². The summed E-state index contributed by atoms with van der Waals surface area (Å²) in [6.07, 6.45) is 0.931. The van der Waals surface area contributed by atoms with Gasteiger partial charge in [-0.1, -0.05) is 19.1 Å². The quantitative estimate of drug-likeness (QED) is 0.792.